The number of nitrogens with zero attached hydrogens (tertiary/aromatic N) is 1. The standard InChI is InChI=1S/C16H23NO2/c1-11-5-6-14(9-12(11)2)16(18)13(3)17-8-7-15(10-17)19-4/h5-6,9,13,15H,7-8,10H2,1-4H3. The Morgan fingerprint density at radius 3 is 2.68 bits per heavy atom. The average molecular weight is 261 g/mol. The highest BCUT2D eigenvalue weighted by molar-refractivity contribution is 6.00. The minimum absolute atomic E-state index is 0.0674. The molecule has 2 rings (SSSR count). The number of hydrogen-bond acceptors (Lipinski definition) is 3. The molecule has 1 aromatic rings. The number of carbonyl (C=O) groups excluding carboxylic acids is 1. The predicted molar refractivity (Wildman–Crippen MR) is 76.7 cm³/mol. The van der Waals surface area contributed by atoms with Gasteiger partial charge in [-0.15, -0.1) is 0 Å². The summed E-state index contributed by atoms with van der Waals surface area (Å²) in [6, 6.07) is 5.89. The number of rotatable bonds is 4. The Hall–Kier alpha value is -1.19. The van der Waals surface area contributed by atoms with Crippen molar-refractivity contribution in [2.45, 2.75) is 39.3 Å². The molecule has 1 aliphatic heterocycles. The molecule has 0 saturated carbocycles. The maximum atomic E-state index is 12.5. The number of carbonyl (C=O) groups is 1. The number of ketones is 1. The number of benzene rings is 1. The summed E-state index contributed by atoms with van der Waals surface area (Å²) in [6.07, 6.45) is 1.29. The van der Waals surface area contributed by atoms with Crippen molar-refractivity contribution in [3.8, 4) is 0 Å². The number of methoxy groups -OCH3 is 1. The van der Waals surface area contributed by atoms with Crippen molar-refractivity contribution in [2.24, 2.45) is 0 Å². The Morgan fingerprint density at radius 1 is 1.37 bits per heavy atom. The molecule has 104 valence electrons. The van der Waals surface area contributed by atoms with Gasteiger partial charge < -0.3 is 4.74 Å². The van der Waals surface area contributed by atoms with Crippen molar-refractivity contribution in [3.05, 3.63) is 34.9 Å². The molecule has 0 radical (unpaired) electrons. The van der Waals surface area contributed by atoms with Gasteiger partial charge in [0.1, 0.15) is 0 Å². The molecule has 0 N–H and O–H groups in total. The number of aryl methyl sites for hydroxylation is 2. The number of likely N-dealkylation sites (tertiary alicyclic amines) is 1. The van der Waals surface area contributed by atoms with Crippen LogP contribution in [0.2, 0.25) is 0 Å². The van der Waals surface area contributed by atoms with Crippen molar-refractivity contribution in [1.29, 1.82) is 0 Å². The van der Waals surface area contributed by atoms with Crippen molar-refractivity contribution in [3.63, 3.8) is 0 Å². The second-order valence-corrected chi connectivity index (χ2v) is 5.48. The molecule has 2 unspecified atom stereocenters. The fraction of sp³-hybridized carbons (Fsp3) is 0.562. The Bertz CT molecular complexity index is 470. The Morgan fingerprint density at radius 2 is 2.11 bits per heavy atom. The topological polar surface area (TPSA) is 29.5 Å². The summed E-state index contributed by atoms with van der Waals surface area (Å²) in [6.45, 7) is 7.91. The van der Waals surface area contributed by atoms with Crippen LogP contribution >= 0.6 is 0 Å². The van der Waals surface area contributed by atoms with Crippen LogP contribution in [0.15, 0.2) is 18.2 Å². The summed E-state index contributed by atoms with van der Waals surface area (Å²) >= 11 is 0. The number of hydrogen-bond donors (Lipinski definition) is 0. The summed E-state index contributed by atoms with van der Waals surface area (Å²) in [4.78, 5) is 14.7. The normalized spacial score (nSPS) is 21.6. The van der Waals surface area contributed by atoms with E-state index in [1.54, 1.807) is 7.11 Å². The van der Waals surface area contributed by atoms with E-state index in [9.17, 15) is 4.79 Å². The van der Waals surface area contributed by atoms with Crippen LogP contribution in [0.5, 0.6) is 0 Å². The van der Waals surface area contributed by atoms with Crippen LogP contribution < -0.4 is 0 Å². The minimum atomic E-state index is -0.0674. The monoisotopic (exact) mass is 261 g/mol. The molecule has 0 aromatic heterocycles. The average Bonchev–Trinajstić information content (AvgIpc) is 2.89. The molecule has 1 aliphatic rings. The third-order valence-electron chi connectivity index (χ3n) is 4.23. The molecule has 0 aliphatic carbocycles. The zero-order valence-electron chi connectivity index (χ0n) is 12.3. The fourth-order valence-corrected chi connectivity index (χ4v) is 2.60. The van der Waals surface area contributed by atoms with E-state index < -0.39 is 0 Å². The first kappa shape index (κ1) is 14.2. The van der Waals surface area contributed by atoms with Gasteiger partial charge in [-0.25, -0.2) is 0 Å². The van der Waals surface area contributed by atoms with E-state index in [1.165, 1.54) is 11.1 Å². The van der Waals surface area contributed by atoms with Gasteiger partial charge >= 0.3 is 0 Å². The zero-order valence-corrected chi connectivity index (χ0v) is 12.3. The van der Waals surface area contributed by atoms with Crippen LogP contribution in [0.4, 0.5) is 0 Å². The van der Waals surface area contributed by atoms with E-state index in [-0.39, 0.29) is 17.9 Å². The SMILES string of the molecule is COC1CCN(C(C)C(=O)c2ccc(C)c(C)c2)C1. The first-order valence-electron chi connectivity index (χ1n) is 6.91. The molecule has 0 amide bonds. The van der Waals surface area contributed by atoms with Gasteiger partial charge in [0, 0.05) is 25.8 Å². The van der Waals surface area contributed by atoms with Gasteiger partial charge in [-0.05, 0) is 44.4 Å². The lowest BCUT2D eigenvalue weighted by Gasteiger charge is -2.23. The number of Topliss-reactive ketones (excluding diaryl/α,β-unsaturated/α-hetero) is 1. The highest BCUT2D eigenvalue weighted by atomic mass is 16.5. The highest BCUT2D eigenvalue weighted by Gasteiger charge is 2.29. The highest BCUT2D eigenvalue weighted by Crippen LogP contribution is 2.19. The molecular formula is C16H23NO2. The van der Waals surface area contributed by atoms with Gasteiger partial charge in [0.05, 0.1) is 12.1 Å². The summed E-state index contributed by atoms with van der Waals surface area (Å²) in [5, 5.41) is 0. The third-order valence-corrected chi connectivity index (χ3v) is 4.23. The van der Waals surface area contributed by atoms with Crippen molar-refractivity contribution in [1.82, 2.24) is 4.90 Å². The maximum Gasteiger partial charge on any atom is 0.179 e. The summed E-state index contributed by atoms with van der Waals surface area (Å²) in [5.41, 5.74) is 3.22. The second kappa shape index (κ2) is 5.85. The van der Waals surface area contributed by atoms with E-state index in [0.29, 0.717) is 0 Å². The third kappa shape index (κ3) is 3.04. The van der Waals surface area contributed by atoms with Gasteiger partial charge in [-0.3, -0.25) is 9.69 Å². The minimum Gasteiger partial charge on any atom is -0.380 e. The van der Waals surface area contributed by atoms with Crippen molar-refractivity contribution < 1.29 is 9.53 Å². The second-order valence-electron chi connectivity index (χ2n) is 5.48. The number of ether oxygens (including phenoxy) is 1. The molecule has 1 heterocycles. The van der Waals surface area contributed by atoms with Crippen molar-refractivity contribution >= 4 is 5.78 Å². The van der Waals surface area contributed by atoms with Crippen LogP contribution in [-0.4, -0.2) is 43.0 Å². The lowest BCUT2D eigenvalue weighted by atomic mass is 10.00. The largest absolute Gasteiger partial charge is 0.380 e. The molecule has 0 spiro atoms. The predicted octanol–water partition coefficient (Wildman–Crippen LogP) is 2.60. The van der Waals surface area contributed by atoms with Crippen LogP contribution in [-0.2, 0) is 4.74 Å². The molecular weight excluding hydrogens is 238 g/mol. The Balaban J connectivity index is 2.08. The van der Waals surface area contributed by atoms with E-state index in [0.717, 1.165) is 25.1 Å². The molecule has 0 bridgehead atoms. The molecule has 3 heteroatoms. The van der Waals surface area contributed by atoms with Crippen molar-refractivity contribution in [2.75, 3.05) is 20.2 Å². The van der Waals surface area contributed by atoms with Crippen LogP contribution in [0, 0.1) is 13.8 Å². The lowest BCUT2D eigenvalue weighted by molar-refractivity contribution is 0.0800. The van der Waals surface area contributed by atoms with Gasteiger partial charge in [0.25, 0.3) is 0 Å². The van der Waals surface area contributed by atoms with E-state index in [2.05, 4.69) is 11.8 Å². The van der Waals surface area contributed by atoms with Crippen LogP contribution in [0.1, 0.15) is 34.8 Å². The molecule has 3 nitrogen and oxygen atoms in total. The molecule has 2 atom stereocenters. The molecule has 1 aromatic carbocycles. The Labute approximate surface area is 115 Å². The van der Waals surface area contributed by atoms with E-state index in [4.69, 9.17) is 4.74 Å². The molecule has 1 saturated heterocycles. The fourth-order valence-electron chi connectivity index (χ4n) is 2.60. The first-order valence-corrected chi connectivity index (χ1v) is 6.91. The smallest absolute Gasteiger partial charge is 0.179 e. The molecule has 1 fully saturated rings. The first-order chi connectivity index (χ1) is 9.02. The van der Waals surface area contributed by atoms with E-state index in [1.807, 2.05) is 32.0 Å². The zero-order chi connectivity index (χ0) is 14.0. The summed E-state index contributed by atoms with van der Waals surface area (Å²) in [5.74, 6) is 0.208. The summed E-state index contributed by atoms with van der Waals surface area (Å²) in [7, 11) is 1.74. The van der Waals surface area contributed by atoms with Gasteiger partial charge in [0.15, 0.2) is 5.78 Å². The van der Waals surface area contributed by atoms with Crippen LogP contribution in [0.25, 0.3) is 0 Å². The lowest BCUT2D eigenvalue weighted by Crippen LogP contribution is -2.38. The molecule has 19 heavy (non-hydrogen) atoms. The van der Waals surface area contributed by atoms with Gasteiger partial charge in [-0.1, -0.05) is 12.1 Å². The Kier molecular flexibility index (Phi) is 4.38. The van der Waals surface area contributed by atoms with E-state index >= 15 is 0 Å². The maximum absolute atomic E-state index is 12.5. The van der Waals surface area contributed by atoms with Gasteiger partial charge in [0.2, 0.25) is 0 Å². The quantitative estimate of drug-likeness (QED) is 0.780. The van der Waals surface area contributed by atoms with Crippen LogP contribution in [0.3, 0.4) is 0 Å². The summed E-state index contributed by atoms with van der Waals surface area (Å²) < 4.78 is 5.36. The van der Waals surface area contributed by atoms with Gasteiger partial charge in [-0.2, -0.15) is 0 Å².